The SMILES string of the molecule is Cc1nn(-c2ccccc2)c(C)c1CN(C)[C@H](C)C(=O)N1CC(=O)Nc2ccccc21. The number of carbonyl (C=O) groups is 2. The summed E-state index contributed by atoms with van der Waals surface area (Å²) < 4.78 is 1.94. The largest absolute Gasteiger partial charge is 0.323 e. The van der Waals surface area contributed by atoms with Crippen molar-refractivity contribution in [3.63, 3.8) is 0 Å². The summed E-state index contributed by atoms with van der Waals surface area (Å²) in [6.45, 7) is 6.53. The van der Waals surface area contributed by atoms with Crippen molar-refractivity contribution in [1.29, 1.82) is 0 Å². The first-order valence-electron chi connectivity index (χ1n) is 10.4. The van der Waals surface area contributed by atoms with Gasteiger partial charge in [-0.3, -0.25) is 19.4 Å². The number of benzene rings is 2. The number of aromatic nitrogens is 2. The van der Waals surface area contributed by atoms with Gasteiger partial charge in [-0.2, -0.15) is 5.10 Å². The van der Waals surface area contributed by atoms with Gasteiger partial charge in [-0.15, -0.1) is 0 Å². The number of hydrogen-bond acceptors (Lipinski definition) is 4. The van der Waals surface area contributed by atoms with Crippen molar-refractivity contribution in [2.45, 2.75) is 33.4 Å². The molecule has 7 nitrogen and oxygen atoms in total. The van der Waals surface area contributed by atoms with E-state index in [1.165, 1.54) is 0 Å². The average molecular weight is 418 g/mol. The highest BCUT2D eigenvalue weighted by Crippen LogP contribution is 2.30. The van der Waals surface area contributed by atoms with E-state index >= 15 is 0 Å². The van der Waals surface area contributed by atoms with Crippen LogP contribution < -0.4 is 10.2 Å². The number of anilines is 2. The maximum absolute atomic E-state index is 13.3. The van der Waals surface area contributed by atoms with Gasteiger partial charge in [0, 0.05) is 17.8 Å². The molecule has 1 aliphatic rings. The molecule has 0 bridgehead atoms. The Bertz CT molecular complexity index is 1120. The standard InChI is InChI=1S/C24H27N5O2/c1-16-20(17(2)29(26-16)19-10-6-5-7-11-19)14-27(4)18(3)24(31)28-15-23(30)25-21-12-8-9-13-22(21)28/h5-13,18H,14-15H2,1-4H3,(H,25,30)/t18-/m1/s1. The number of hydrogen-bond donors (Lipinski definition) is 1. The lowest BCUT2D eigenvalue weighted by molar-refractivity contribution is -0.125. The van der Waals surface area contributed by atoms with Crippen LogP contribution in [0.2, 0.25) is 0 Å². The molecule has 1 aromatic heterocycles. The molecule has 4 rings (SSSR count). The van der Waals surface area contributed by atoms with Crippen LogP contribution in [0.4, 0.5) is 11.4 Å². The Morgan fingerprint density at radius 1 is 1.13 bits per heavy atom. The van der Waals surface area contributed by atoms with Gasteiger partial charge >= 0.3 is 0 Å². The molecular weight excluding hydrogens is 390 g/mol. The smallest absolute Gasteiger partial charge is 0.244 e. The monoisotopic (exact) mass is 417 g/mol. The molecule has 2 heterocycles. The first kappa shape index (κ1) is 20.8. The van der Waals surface area contributed by atoms with Crippen molar-refractivity contribution in [1.82, 2.24) is 14.7 Å². The molecule has 2 amide bonds. The third-order valence-electron chi connectivity index (χ3n) is 5.90. The molecule has 0 saturated carbocycles. The predicted octanol–water partition coefficient (Wildman–Crippen LogP) is 3.29. The summed E-state index contributed by atoms with van der Waals surface area (Å²) >= 11 is 0. The minimum absolute atomic E-state index is 0.0258. The molecule has 0 aliphatic carbocycles. The predicted molar refractivity (Wildman–Crippen MR) is 121 cm³/mol. The fraction of sp³-hybridized carbons (Fsp3) is 0.292. The Morgan fingerprint density at radius 3 is 2.55 bits per heavy atom. The van der Waals surface area contributed by atoms with E-state index < -0.39 is 6.04 Å². The topological polar surface area (TPSA) is 70.5 Å². The Labute approximate surface area is 182 Å². The summed E-state index contributed by atoms with van der Waals surface area (Å²) in [5.74, 6) is -0.284. The third-order valence-corrected chi connectivity index (χ3v) is 5.90. The second-order valence-electron chi connectivity index (χ2n) is 7.98. The van der Waals surface area contributed by atoms with Gasteiger partial charge in [0.25, 0.3) is 0 Å². The van der Waals surface area contributed by atoms with Gasteiger partial charge in [0.1, 0.15) is 6.54 Å². The minimum Gasteiger partial charge on any atom is -0.323 e. The second kappa shape index (κ2) is 8.35. The number of para-hydroxylation sites is 3. The van der Waals surface area contributed by atoms with Crippen molar-refractivity contribution in [3.8, 4) is 5.69 Å². The number of likely N-dealkylation sites (N-methyl/N-ethyl adjacent to an activating group) is 1. The zero-order valence-corrected chi connectivity index (χ0v) is 18.3. The number of nitrogens with zero attached hydrogens (tertiary/aromatic N) is 4. The van der Waals surface area contributed by atoms with Gasteiger partial charge in [-0.05, 0) is 52.1 Å². The fourth-order valence-corrected chi connectivity index (χ4v) is 3.95. The zero-order chi connectivity index (χ0) is 22.1. The minimum atomic E-state index is -0.405. The molecule has 160 valence electrons. The maximum Gasteiger partial charge on any atom is 0.244 e. The highest BCUT2D eigenvalue weighted by Gasteiger charge is 2.31. The summed E-state index contributed by atoms with van der Waals surface area (Å²) in [6.07, 6.45) is 0. The maximum atomic E-state index is 13.3. The van der Waals surface area contributed by atoms with Crippen LogP contribution in [0.3, 0.4) is 0 Å². The van der Waals surface area contributed by atoms with Crippen molar-refractivity contribution in [2.75, 3.05) is 23.8 Å². The summed E-state index contributed by atoms with van der Waals surface area (Å²) in [4.78, 5) is 29.0. The molecule has 0 spiro atoms. The van der Waals surface area contributed by atoms with E-state index in [2.05, 4.69) is 5.32 Å². The molecule has 0 unspecified atom stereocenters. The van der Waals surface area contributed by atoms with E-state index in [0.717, 1.165) is 28.3 Å². The number of aryl methyl sites for hydroxylation is 1. The molecule has 1 N–H and O–H groups in total. The molecule has 0 saturated heterocycles. The van der Waals surface area contributed by atoms with E-state index in [1.807, 2.05) is 92.0 Å². The van der Waals surface area contributed by atoms with E-state index in [9.17, 15) is 9.59 Å². The quantitative estimate of drug-likeness (QED) is 0.692. The first-order valence-corrected chi connectivity index (χ1v) is 10.4. The van der Waals surface area contributed by atoms with Crippen LogP contribution in [-0.4, -0.2) is 46.1 Å². The van der Waals surface area contributed by atoms with Crippen LogP contribution in [0.15, 0.2) is 54.6 Å². The van der Waals surface area contributed by atoms with E-state index in [4.69, 9.17) is 5.10 Å². The van der Waals surface area contributed by atoms with Crippen LogP contribution in [0.1, 0.15) is 23.9 Å². The number of carbonyl (C=O) groups excluding carboxylic acids is 2. The Hall–Kier alpha value is -3.45. The summed E-state index contributed by atoms with van der Waals surface area (Å²) in [5.41, 5.74) is 5.50. The molecule has 1 aliphatic heterocycles. The van der Waals surface area contributed by atoms with Gasteiger partial charge in [0.15, 0.2) is 0 Å². The molecular formula is C24H27N5O2. The second-order valence-corrected chi connectivity index (χ2v) is 7.98. The van der Waals surface area contributed by atoms with Crippen molar-refractivity contribution in [2.24, 2.45) is 0 Å². The molecule has 1 atom stereocenters. The lowest BCUT2D eigenvalue weighted by Crippen LogP contribution is -2.50. The molecule has 3 aromatic rings. The van der Waals surface area contributed by atoms with Crippen LogP contribution in [0, 0.1) is 13.8 Å². The van der Waals surface area contributed by atoms with Gasteiger partial charge < -0.3 is 5.32 Å². The van der Waals surface area contributed by atoms with Gasteiger partial charge in [0.2, 0.25) is 11.8 Å². The van der Waals surface area contributed by atoms with Crippen molar-refractivity contribution in [3.05, 3.63) is 71.5 Å². The highest BCUT2D eigenvalue weighted by atomic mass is 16.2. The summed E-state index contributed by atoms with van der Waals surface area (Å²) in [7, 11) is 1.93. The molecule has 7 heteroatoms. The van der Waals surface area contributed by atoms with Crippen LogP contribution in [-0.2, 0) is 16.1 Å². The molecule has 31 heavy (non-hydrogen) atoms. The number of fused-ring (bicyclic) bond motifs is 1. The van der Waals surface area contributed by atoms with E-state index in [0.29, 0.717) is 12.2 Å². The van der Waals surface area contributed by atoms with Crippen molar-refractivity contribution < 1.29 is 9.59 Å². The number of nitrogens with one attached hydrogen (secondary N) is 1. The van der Waals surface area contributed by atoms with Gasteiger partial charge in [0.05, 0.1) is 28.8 Å². The lowest BCUT2D eigenvalue weighted by Gasteiger charge is -2.33. The molecule has 2 aromatic carbocycles. The Balaban J connectivity index is 1.55. The van der Waals surface area contributed by atoms with Crippen molar-refractivity contribution >= 4 is 23.2 Å². The fourth-order valence-electron chi connectivity index (χ4n) is 3.95. The number of amides is 2. The summed E-state index contributed by atoms with van der Waals surface area (Å²) in [5, 5.41) is 7.54. The summed E-state index contributed by atoms with van der Waals surface area (Å²) in [6, 6.07) is 17.0. The normalized spacial score (nSPS) is 14.4. The molecule has 0 radical (unpaired) electrons. The third kappa shape index (κ3) is 3.96. The van der Waals surface area contributed by atoms with E-state index in [1.54, 1.807) is 4.90 Å². The van der Waals surface area contributed by atoms with Gasteiger partial charge in [-0.1, -0.05) is 30.3 Å². The van der Waals surface area contributed by atoms with Gasteiger partial charge in [-0.25, -0.2) is 4.68 Å². The number of rotatable bonds is 5. The molecule has 0 fully saturated rings. The van der Waals surface area contributed by atoms with E-state index in [-0.39, 0.29) is 18.4 Å². The Kier molecular flexibility index (Phi) is 5.61. The van der Waals surface area contributed by atoms with Crippen LogP contribution in [0.25, 0.3) is 5.69 Å². The van der Waals surface area contributed by atoms with Crippen LogP contribution >= 0.6 is 0 Å². The highest BCUT2D eigenvalue weighted by molar-refractivity contribution is 6.11. The zero-order valence-electron chi connectivity index (χ0n) is 18.3. The lowest BCUT2D eigenvalue weighted by atomic mass is 10.1. The first-order chi connectivity index (χ1) is 14.9. The average Bonchev–Trinajstić information content (AvgIpc) is 3.06. The Morgan fingerprint density at radius 2 is 1.81 bits per heavy atom. The van der Waals surface area contributed by atoms with Crippen LogP contribution in [0.5, 0.6) is 0 Å².